The number of benzene rings is 6. The summed E-state index contributed by atoms with van der Waals surface area (Å²) in [5, 5.41) is 0. The summed E-state index contributed by atoms with van der Waals surface area (Å²) in [7, 11) is 0. The smallest absolute Gasteiger partial charge is 0 e. The molecule has 0 nitrogen and oxygen atoms in total. The molecule has 4 aliphatic carbocycles. The minimum Gasteiger partial charge on any atom is -0.358 e. The van der Waals surface area contributed by atoms with Gasteiger partial charge in [0.15, 0.2) is 0 Å². The zero-order valence-electron chi connectivity index (χ0n) is 46.3. The Bertz CT molecular complexity index is 1800. The fourth-order valence-corrected chi connectivity index (χ4v) is 7.54. The molecular weight excluding hydrogens is 1670 g/mol. The number of fused-ring (bicyclic) bond motifs is 12. The van der Waals surface area contributed by atoms with Crippen molar-refractivity contribution in [1.82, 2.24) is 0 Å². The molecule has 400 valence electrons. The van der Waals surface area contributed by atoms with Gasteiger partial charge >= 0.3 is 0 Å². The van der Waals surface area contributed by atoms with Crippen LogP contribution in [0.5, 0.6) is 0 Å². The molecule has 0 heterocycles. The molecule has 75 heavy (non-hydrogen) atoms. The van der Waals surface area contributed by atoms with E-state index >= 15 is 0 Å². The first-order valence-electron chi connectivity index (χ1n) is 21.7. The van der Waals surface area contributed by atoms with E-state index in [1.807, 2.05) is 41.5 Å². The largest absolute Gasteiger partial charge is 0.358 e. The van der Waals surface area contributed by atoms with Gasteiger partial charge in [-0.15, -0.1) is 0 Å². The van der Waals surface area contributed by atoms with Crippen molar-refractivity contribution in [3.63, 3.8) is 0 Å². The fraction of sp³-hybridized carbons (Fsp3) is 0.385. The van der Waals surface area contributed by atoms with Crippen LogP contribution in [0.4, 0.5) is 0 Å². The first-order chi connectivity index (χ1) is 27.0. The number of hydrogen-bond donors (Lipinski definition) is 0. The number of hydrogen-bond acceptors (Lipinski definition) is 0. The predicted molar refractivity (Wildman–Crippen MR) is 314 cm³/mol. The van der Waals surface area contributed by atoms with Gasteiger partial charge in [-0.05, 0) is 139 Å². The Morgan fingerprint density at radius 2 is 0.347 bits per heavy atom. The van der Waals surface area contributed by atoms with Crippen molar-refractivity contribution in [3.05, 3.63) is 196 Å². The summed E-state index contributed by atoms with van der Waals surface area (Å²) < 4.78 is 0. The summed E-state index contributed by atoms with van der Waals surface area (Å²) in [6.07, 6.45) is 8.09. The topological polar surface area (TPSA) is 0 Å². The molecule has 0 aromatic heterocycles. The molecule has 0 fully saturated rings. The average molecular weight is 1780 g/mol. The molecule has 0 bridgehead atoms. The Kier molecular flexibility index (Phi) is 133. The van der Waals surface area contributed by atoms with Gasteiger partial charge in [0.1, 0.15) is 0 Å². The van der Waals surface area contributed by atoms with Crippen LogP contribution in [0.15, 0.2) is 121 Å². The molecule has 0 saturated carbocycles. The maximum absolute atomic E-state index is 2.43. The molecule has 0 unspecified atom stereocenters. The van der Waals surface area contributed by atoms with E-state index in [1.54, 1.807) is 0 Å². The minimum absolute atomic E-state index is 0. The van der Waals surface area contributed by atoms with Crippen molar-refractivity contribution in [2.75, 3.05) is 0 Å². The molecule has 0 atom stereocenters. The molecule has 0 saturated heterocycles. The average Bonchev–Trinajstić information content (AvgIpc) is 3.99. The van der Waals surface area contributed by atoms with Gasteiger partial charge in [0.2, 0.25) is 0 Å². The predicted octanol–water partition coefficient (Wildman–Crippen LogP) is 22.6. The molecule has 6 aromatic rings. The normalized spacial score (nSPS) is 8.21. The van der Waals surface area contributed by atoms with E-state index in [0.717, 1.165) is 25.7 Å². The standard InChI is InChI=1S/2C20H14.3C3H8.3C2H6.6CH4.4CH3.10Y/c2*1-3-7-17-13(5-1)9-15-11-20-16(12-19(15)17)10-14-6-2-4-8-18(14)20;3*1-3-2;3*1-2;;;;;;;;;;;;;;;;;;;;/h2*1-8,11-12H,9-10H2;3*3H2,1-2H3;3*1-2H3;6*1H4;4*1H3;;;;;;;;;;/q;;;;;;;;;;;;;;4*-1;;;;;;;;;;. The molecular formula is C65H106Y10-4. The van der Waals surface area contributed by atoms with Crippen molar-refractivity contribution in [3.8, 4) is 44.5 Å². The quantitative estimate of drug-likeness (QED) is 0.133. The Morgan fingerprint density at radius 1 is 0.227 bits per heavy atom. The van der Waals surface area contributed by atoms with Crippen LogP contribution in [-0.4, -0.2) is 0 Å². The van der Waals surface area contributed by atoms with Crippen LogP contribution >= 0.6 is 0 Å². The van der Waals surface area contributed by atoms with Gasteiger partial charge < -0.3 is 29.7 Å². The molecule has 4 aliphatic rings. The summed E-state index contributed by atoms with van der Waals surface area (Å²) in [6, 6.07) is 45.0. The summed E-state index contributed by atoms with van der Waals surface area (Å²) in [5.74, 6) is 0. The van der Waals surface area contributed by atoms with E-state index in [-0.39, 0.29) is 401 Å². The third kappa shape index (κ3) is 37.7. The van der Waals surface area contributed by atoms with Gasteiger partial charge in [-0.1, -0.05) is 244 Å². The van der Waals surface area contributed by atoms with Gasteiger partial charge in [0.25, 0.3) is 0 Å². The van der Waals surface area contributed by atoms with Gasteiger partial charge in [-0.2, -0.15) is 0 Å². The minimum atomic E-state index is 0. The SMILES string of the molecule is C.C.C.C.C.C.CC.CC.CC.CCC.CCC.CCC.[CH3-].[CH3-].[CH3-].[CH3-].[Y].[Y].[Y].[Y].[Y].[Y].[Y].[Y].[Y].[Y].c1ccc2c(c1)Cc1cc3c(cc1-2)Cc1ccccc1-3.c1ccc2c(c1)Cc1cc3c(cc1-2)Cc1ccccc1-3. The molecule has 6 aromatic carbocycles. The second-order valence-corrected chi connectivity index (χ2v) is 13.8. The molecule has 0 spiro atoms. The van der Waals surface area contributed by atoms with Crippen LogP contribution in [0.25, 0.3) is 44.5 Å². The van der Waals surface area contributed by atoms with Crippen molar-refractivity contribution in [1.29, 1.82) is 0 Å². The zero-order chi connectivity index (χ0) is 40.3. The maximum Gasteiger partial charge on any atom is 0 e. The first kappa shape index (κ1) is 131. The third-order valence-corrected chi connectivity index (χ3v) is 9.41. The summed E-state index contributed by atoms with van der Waals surface area (Å²) in [5.41, 5.74) is 23.4. The van der Waals surface area contributed by atoms with Crippen LogP contribution in [0.1, 0.15) is 191 Å². The molecule has 10 radical (unpaired) electrons. The second kappa shape index (κ2) is 76.5. The van der Waals surface area contributed by atoms with Crippen molar-refractivity contribution in [2.24, 2.45) is 0 Å². The summed E-state index contributed by atoms with van der Waals surface area (Å²) in [6.45, 7) is 24.8. The van der Waals surface area contributed by atoms with E-state index in [2.05, 4.69) is 163 Å². The third-order valence-electron chi connectivity index (χ3n) is 9.41. The van der Waals surface area contributed by atoms with Gasteiger partial charge in [-0.3, -0.25) is 0 Å². The Morgan fingerprint density at radius 3 is 0.480 bits per heavy atom. The summed E-state index contributed by atoms with van der Waals surface area (Å²) >= 11 is 0. The fourth-order valence-electron chi connectivity index (χ4n) is 7.54. The monoisotopic (exact) mass is 1780 g/mol. The van der Waals surface area contributed by atoms with Crippen molar-refractivity contribution in [2.45, 2.75) is 173 Å². The van der Waals surface area contributed by atoms with E-state index in [0.29, 0.717) is 0 Å². The van der Waals surface area contributed by atoms with E-state index in [4.69, 9.17) is 0 Å². The molecule has 0 aliphatic heterocycles. The zero-order valence-corrected chi connectivity index (χ0v) is 74.7. The first-order valence-corrected chi connectivity index (χ1v) is 21.7. The Balaban J connectivity index is -0.0000000355. The van der Waals surface area contributed by atoms with E-state index in [1.165, 1.54) is 108 Å². The number of rotatable bonds is 0. The molecule has 0 N–H and O–H groups in total. The Labute approximate surface area is 724 Å². The summed E-state index contributed by atoms with van der Waals surface area (Å²) in [4.78, 5) is 0. The van der Waals surface area contributed by atoms with Crippen molar-refractivity contribution >= 4 is 0 Å². The Hall–Kier alpha value is 6.36. The molecule has 10 rings (SSSR count). The van der Waals surface area contributed by atoms with Crippen molar-refractivity contribution < 1.29 is 327 Å². The van der Waals surface area contributed by atoms with Crippen LogP contribution in [-0.2, 0) is 353 Å². The molecule has 10 heteroatoms. The van der Waals surface area contributed by atoms with Gasteiger partial charge in [0, 0.05) is 327 Å². The van der Waals surface area contributed by atoms with E-state index in [9.17, 15) is 0 Å². The van der Waals surface area contributed by atoms with Crippen LogP contribution in [0, 0.1) is 29.7 Å². The second-order valence-electron chi connectivity index (χ2n) is 13.8. The van der Waals surface area contributed by atoms with Gasteiger partial charge in [-0.25, -0.2) is 0 Å². The van der Waals surface area contributed by atoms with Crippen LogP contribution in [0.2, 0.25) is 0 Å². The van der Waals surface area contributed by atoms with Gasteiger partial charge in [0.05, 0.1) is 0 Å². The van der Waals surface area contributed by atoms with Crippen LogP contribution in [0.3, 0.4) is 0 Å². The van der Waals surface area contributed by atoms with Crippen LogP contribution < -0.4 is 0 Å². The van der Waals surface area contributed by atoms with E-state index < -0.39 is 0 Å². The molecule has 0 amide bonds. The maximum atomic E-state index is 2.43.